The molecular formula is C20H19N3OS. The Bertz CT molecular complexity index is 893. The average Bonchev–Trinajstić information content (AvgIpc) is 3.25. The topological polar surface area (TPSA) is 41.3 Å². The molecule has 3 heterocycles. The van der Waals surface area contributed by atoms with Gasteiger partial charge in [0.15, 0.2) is 5.11 Å². The van der Waals surface area contributed by atoms with E-state index in [1.54, 1.807) is 12.5 Å². The maximum atomic E-state index is 5.75. The van der Waals surface area contributed by atoms with Gasteiger partial charge in [-0.15, -0.1) is 0 Å². The summed E-state index contributed by atoms with van der Waals surface area (Å²) in [4.78, 5) is 6.65. The predicted octanol–water partition coefficient (Wildman–Crippen LogP) is 4.47. The Morgan fingerprint density at radius 1 is 1.08 bits per heavy atom. The molecule has 4 rings (SSSR count). The fourth-order valence-corrected chi connectivity index (χ4v) is 3.60. The number of thiocarbonyl (C=S) groups is 1. The summed E-state index contributed by atoms with van der Waals surface area (Å²) in [6, 6.07) is 16.1. The molecule has 1 aliphatic rings. The van der Waals surface area contributed by atoms with Crippen molar-refractivity contribution in [2.24, 2.45) is 0 Å². The van der Waals surface area contributed by atoms with Crippen LogP contribution >= 0.6 is 12.2 Å². The molecule has 25 heavy (non-hydrogen) atoms. The van der Waals surface area contributed by atoms with Gasteiger partial charge in [-0.2, -0.15) is 0 Å². The summed E-state index contributed by atoms with van der Waals surface area (Å²) in [5.74, 6) is 0.862. The number of furan rings is 1. The molecule has 126 valence electrons. The van der Waals surface area contributed by atoms with Crippen molar-refractivity contribution < 1.29 is 4.42 Å². The van der Waals surface area contributed by atoms with E-state index in [2.05, 4.69) is 47.2 Å². The van der Waals surface area contributed by atoms with Gasteiger partial charge in [0.2, 0.25) is 0 Å². The Morgan fingerprint density at radius 3 is 2.64 bits per heavy atom. The minimum atomic E-state index is -0.0838. The van der Waals surface area contributed by atoms with E-state index in [0.717, 1.165) is 17.1 Å². The number of nitrogens with zero attached hydrogens (tertiary/aromatic N) is 2. The normalized spacial score (nSPS) is 19.9. The molecule has 2 aromatic heterocycles. The van der Waals surface area contributed by atoms with Crippen LogP contribution in [0.3, 0.4) is 0 Å². The summed E-state index contributed by atoms with van der Waals surface area (Å²) < 4.78 is 5.75. The number of benzene rings is 1. The van der Waals surface area contributed by atoms with Crippen LogP contribution in [-0.4, -0.2) is 10.1 Å². The number of rotatable bonds is 3. The monoisotopic (exact) mass is 349 g/mol. The molecule has 0 saturated carbocycles. The smallest absolute Gasteiger partial charge is 0.174 e. The van der Waals surface area contributed by atoms with Crippen LogP contribution in [0.15, 0.2) is 65.4 Å². The fourth-order valence-electron chi connectivity index (χ4n) is 3.26. The van der Waals surface area contributed by atoms with E-state index in [-0.39, 0.29) is 12.1 Å². The summed E-state index contributed by atoms with van der Waals surface area (Å²) >= 11 is 5.67. The Balaban J connectivity index is 1.82. The molecule has 1 fully saturated rings. The standard InChI is InChI=1S/C20H19N3OS/c1-13-8-9-15(12-14(13)2)23-19(17-7-5-11-24-17)18(22-20(23)25)16-6-3-4-10-21-16/h3-12,18-19H,1-2H3,(H,22,25)/t18-,19-/m1/s1. The van der Waals surface area contributed by atoms with Crippen molar-refractivity contribution in [3.05, 3.63) is 83.6 Å². The summed E-state index contributed by atoms with van der Waals surface area (Å²) in [7, 11) is 0. The Kier molecular flexibility index (Phi) is 4.01. The third-order valence-electron chi connectivity index (χ3n) is 4.70. The van der Waals surface area contributed by atoms with Gasteiger partial charge in [0.25, 0.3) is 0 Å². The first-order chi connectivity index (χ1) is 12.1. The molecule has 0 unspecified atom stereocenters. The van der Waals surface area contributed by atoms with Crippen LogP contribution in [0.25, 0.3) is 0 Å². The SMILES string of the molecule is Cc1ccc(N2C(=S)N[C@H](c3ccccn3)[C@H]2c2ccco2)cc1C. The van der Waals surface area contributed by atoms with Crippen molar-refractivity contribution in [3.8, 4) is 0 Å². The van der Waals surface area contributed by atoms with E-state index in [4.69, 9.17) is 16.6 Å². The van der Waals surface area contributed by atoms with E-state index >= 15 is 0 Å². The third kappa shape index (κ3) is 2.81. The molecule has 0 radical (unpaired) electrons. The molecule has 0 amide bonds. The van der Waals surface area contributed by atoms with Crippen molar-refractivity contribution in [2.75, 3.05) is 4.90 Å². The Hall–Kier alpha value is -2.66. The molecule has 5 heteroatoms. The highest BCUT2D eigenvalue weighted by Gasteiger charge is 2.42. The zero-order valence-corrected chi connectivity index (χ0v) is 15.0. The van der Waals surface area contributed by atoms with Crippen molar-refractivity contribution in [2.45, 2.75) is 25.9 Å². The Morgan fingerprint density at radius 2 is 1.96 bits per heavy atom. The number of nitrogens with one attached hydrogen (secondary N) is 1. The van der Waals surface area contributed by atoms with E-state index < -0.39 is 0 Å². The second-order valence-corrected chi connectivity index (χ2v) is 6.67. The summed E-state index contributed by atoms with van der Waals surface area (Å²) in [6.07, 6.45) is 3.50. The molecule has 2 atom stereocenters. The molecule has 0 aliphatic carbocycles. The van der Waals surface area contributed by atoms with Gasteiger partial charge in [-0.25, -0.2) is 0 Å². The van der Waals surface area contributed by atoms with Crippen LogP contribution in [0.4, 0.5) is 5.69 Å². The van der Waals surface area contributed by atoms with Crippen molar-refractivity contribution in [3.63, 3.8) is 0 Å². The van der Waals surface area contributed by atoms with E-state index in [1.807, 2.05) is 30.3 Å². The van der Waals surface area contributed by atoms with Gasteiger partial charge in [0.05, 0.1) is 18.0 Å². The lowest BCUT2D eigenvalue weighted by molar-refractivity contribution is 0.432. The van der Waals surface area contributed by atoms with Crippen LogP contribution in [0.2, 0.25) is 0 Å². The van der Waals surface area contributed by atoms with E-state index in [1.165, 1.54) is 11.1 Å². The first kappa shape index (κ1) is 15.8. The van der Waals surface area contributed by atoms with Gasteiger partial charge < -0.3 is 14.6 Å². The van der Waals surface area contributed by atoms with Crippen LogP contribution in [0, 0.1) is 13.8 Å². The maximum absolute atomic E-state index is 5.75. The zero-order chi connectivity index (χ0) is 17.4. The first-order valence-corrected chi connectivity index (χ1v) is 8.67. The lowest BCUT2D eigenvalue weighted by Crippen LogP contribution is -2.29. The maximum Gasteiger partial charge on any atom is 0.174 e. The number of anilines is 1. The Labute approximate surface area is 152 Å². The number of hydrogen-bond acceptors (Lipinski definition) is 3. The highest BCUT2D eigenvalue weighted by molar-refractivity contribution is 7.80. The predicted molar refractivity (Wildman–Crippen MR) is 103 cm³/mol. The van der Waals surface area contributed by atoms with Gasteiger partial charge in [-0.3, -0.25) is 4.98 Å². The first-order valence-electron chi connectivity index (χ1n) is 8.26. The number of pyridine rings is 1. The minimum absolute atomic E-state index is 0.0681. The van der Waals surface area contributed by atoms with Crippen molar-refractivity contribution in [1.29, 1.82) is 0 Å². The highest BCUT2D eigenvalue weighted by Crippen LogP contribution is 2.41. The molecular weight excluding hydrogens is 330 g/mol. The second kappa shape index (κ2) is 6.33. The lowest BCUT2D eigenvalue weighted by Gasteiger charge is -2.26. The molecule has 1 N–H and O–H groups in total. The minimum Gasteiger partial charge on any atom is -0.467 e. The fraction of sp³-hybridized carbons (Fsp3) is 0.200. The van der Waals surface area contributed by atoms with Gasteiger partial charge in [-0.1, -0.05) is 12.1 Å². The summed E-state index contributed by atoms with van der Waals surface area (Å²) in [6.45, 7) is 4.23. The van der Waals surface area contributed by atoms with Crippen molar-refractivity contribution >= 4 is 23.0 Å². The third-order valence-corrected chi connectivity index (χ3v) is 5.02. The van der Waals surface area contributed by atoms with Gasteiger partial charge in [-0.05, 0) is 73.6 Å². The molecule has 0 spiro atoms. The van der Waals surface area contributed by atoms with Crippen LogP contribution in [0.1, 0.15) is 34.7 Å². The van der Waals surface area contributed by atoms with Crippen LogP contribution < -0.4 is 10.2 Å². The summed E-state index contributed by atoms with van der Waals surface area (Å²) in [5, 5.41) is 4.11. The summed E-state index contributed by atoms with van der Waals surface area (Å²) in [5.41, 5.74) is 4.50. The van der Waals surface area contributed by atoms with E-state index in [0.29, 0.717) is 5.11 Å². The zero-order valence-electron chi connectivity index (χ0n) is 14.1. The second-order valence-electron chi connectivity index (χ2n) is 6.28. The van der Waals surface area contributed by atoms with Crippen LogP contribution in [0.5, 0.6) is 0 Å². The molecule has 3 aromatic rings. The van der Waals surface area contributed by atoms with Crippen molar-refractivity contribution in [1.82, 2.24) is 10.3 Å². The molecule has 1 aromatic carbocycles. The number of hydrogen-bond donors (Lipinski definition) is 1. The molecule has 0 bridgehead atoms. The lowest BCUT2D eigenvalue weighted by atomic mass is 10.0. The number of aryl methyl sites for hydroxylation is 2. The quantitative estimate of drug-likeness (QED) is 0.707. The molecule has 1 saturated heterocycles. The molecule has 4 nitrogen and oxygen atoms in total. The average molecular weight is 349 g/mol. The van der Waals surface area contributed by atoms with Crippen LogP contribution in [-0.2, 0) is 0 Å². The number of aromatic nitrogens is 1. The van der Waals surface area contributed by atoms with E-state index in [9.17, 15) is 0 Å². The van der Waals surface area contributed by atoms with Gasteiger partial charge >= 0.3 is 0 Å². The largest absolute Gasteiger partial charge is 0.467 e. The van der Waals surface area contributed by atoms with Gasteiger partial charge in [0, 0.05) is 11.9 Å². The molecule has 1 aliphatic heterocycles. The highest BCUT2D eigenvalue weighted by atomic mass is 32.1. The van der Waals surface area contributed by atoms with Gasteiger partial charge in [0.1, 0.15) is 11.8 Å².